The molecule has 19 heavy (non-hydrogen) atoms. The number of amides is 1. The molecule has 106 valence electrons. The molecule has 0 saturated heterocycles. The first kappa shape index (κ1) is 16.1. The summed E-state index contributed by atoms with van der Waals surface area (Å²) < 4.78 is 5.73. The number of thiophene rings is 1. The first-order valence-electron chi connectivity index (χ1n) is 5.68. The molecule has 0 saturated carbocycles. The third-order valence-electron chi connectivity index (χ3n) is 2.40. The molecule has 1 aromatic heterocycles. The molecule has 5 nitrogen and oxygen atoms in total. The number of likely N-dealkylation sites (N-methyl/N-ethyl adjacent to an activating group) is 1. The van der Waals surface area contributed by atoms with E-state index in [0.717, 1.165) is 4.47 Å². The Kier molecular flexibility index (Phi) is 6.47. The van der Waals surface area contributed by atoms with Gasteiger partial charge in [-0.3, -0.25) is 9.69 Å². The molecule has 0 fully saturated rings. The van der Waals surface area contributed by atoms with Crippen LogP contribution in [0.1, 0.15) is 11.8 Å². The fraction of sp³-hybridized carbons (Fsp3) is 0.500. The zero-order chi connectivity index (χ0) is 14.4. The molecular weight excluding hydrogens is 332 g/mol. The van der Waals surface area contributed by atoms with Crippen molar-refractivity contribution < 1.29 is 14.3 Å². The van der Waals surface area contributed by atoms with Crippen LogP contribution in [0.4, 0.5) is 0 Å². The van der Waals surface area contributed by atoms with Crippen molar-refractivity contribution in [3.8, 4) is 0 Å². The van der Waals surface area contributed by atoms with Gasteiger partial charge in [-0.05, 0) is 29.0 Å². The number of halogens is 1. The van der Waals surface area contributed by atoms with Gasteiger partial charge in [-0.15, -0.1) is 11.3 Å². The Bertz CT molecular complexity index is 450. The number of nitrogens with zero attached hydrogens (tertiary/aromatic N) is 1. The summed E-state index contributed by atoms with van der Waals surface area (Å²) in [4.78, 5) is 25.8. The Hall–Kier alpha value is -0.920. The molecule has 1 aromatic rings. The Morgan fingerprint density at radius 2 is 2.26 bits per heavy atom. The highest BCUT2D eigenvalue weighted by Crippen LogP contribution is 2.20. The lowest BCUT2D eigenvalue weighted by Gasteiger charge is -2.22. The van der Waals surface area contributed by atoms with Crippen molar-refractivity contribution in [1.29, 1.82) is 0 Å². The van der Waals surface area contributed by atoms with E-state index in [1.165, 1.54) is 18.9 Å². The van der Waals surface area contributed by atoms with Gasteiger partial charge >= 0.3 is 5.97 Å². The molecule has 7 heteroatoms. The second-order valence-electron chi connectivity index (χ2n) is 4.20. The largest absolute Gasteiger partial charge is 0.467 e. The fourth-order valence-corrected chi connectivity index (χ4v) is 3.18. The second kappa shape index (κ2) is 7.62. The minimum absolute atomic E-state index is 0.248. The molecular formula is C12H17BrN2O3S. The lowest BCUT2D eigenvalue weighted by Crippen LogP contribution is -2.47. The van der Waals surface area contributed by atoms with E-state index in [1.807, 2.05) is 23.4 Å². The van der Waals surface area contributed by atoms with E-state index in [4.69, 9.17) is 0 Å². The molecule has 0 aliphatic heterocycles. The smallest absolute Gasteiger partial charge is 0.329 e. The van der Waals surface area contributed by atoms with Crippen LogP contribution in [0.15, 0.2) is 15.9 Å². The molecule has 1 rings (SSSR count). The Morgan fingerprint density at radius 3 is 2.74 bits per heavy atom. The lowest BCUT2D eigenvalue weighted by molar-refractivity contribution is -0.145. The van der Waals surface area contributed by atoms with E-state index in [1.54, 1.807) is 11.3 Å². The summed E-state index contributed by atoms with van der Waals surface area (Å²) in [5.74, 6) is -0.683. The zero-order valence-corrected chi connectivity index (χ0v) is 13.5. The van der Waals surface area contributed by atoms with Crippen molar-refractivity contribution in [3.05, 3.63) is 20.8 Å². The van der Waals surface area contributed by atoms with Gasteiger partial charge in [0.25, 0.3) is 0 Å². The number of rotatable bonds is 6. The van der Waals surface area contributed by atoms with Crippen molar-refractivity contribution in [2.75, 3.05) is 20.7 Å². The number of hydrogen-bond donors (Lipinski definition) is 1. The quantitative estimate of drug-likeness (QED) is 0.793. The topological polar surface area (TPSA) is 58.6 Å². The molecule has 0 radical (unpaired) electrons. The van der Waals surface area contributed by atoms with E-state index in [-0.39, 0.29) is 5.91 Å². The van der Waals surface area contributed by atoms with Gasteiger partial charge in [0.1, 0.15) is 6.04 Å². The number of hydrogen-bond acceptors (Lipinski definition) is 5. The minimum atomic E-state index is -0.643. The highest BCUT2D eigenvalue weighted by atomic mass is 79.9. The predicted molar refractivity (Wildman–Crippen MR) is 78.0 cm³/mol. The molecule has 0 bridgehead atoms. The van der Waals surface area contributed by atoms with Crippen molar-refractivity contribution in [2.24, 2.45) is 0 Å². The molecule has 0 aliphatic carbocycles. The molecule has 1 unspecified atom stereocenters. The van der Waals surface area contributed by atoms with Gasteiger partial charge in [0.2, 0.25) is 5.91 Å². The summed E-state index contributed by atoms with van der Waals surface area (Å²) in [7, 11) is 3.21. The Balaban J connectivity index is 2.57. The summed E-state index contributed by atoms with van der Waals surface area (Å²) in [5.41, 5.74) is 0. The minimum Gasteiger partial charge on any atom is -0.467 e. The summed E-state index contributed by atoms with van der Waals surface area (Å²) in [6.07, 6.45) is 0. The van der Waals surface area contributed by atoms with Gasteiger partial charge in [0.05, 0.1) is 7.11 Å². The Labute approximate surface area is 125 Å². The molecule has 0 spiro atoms. The maximum Gasteiger partial charge on any atom is 0.329 e. The highest BCUT2D eigenvalue weighted by Gasteiger charge is 2.22. The first-order chi connectivity index (χ1) is 8.92. The zero-order valence-electron chi connectivity index (χ0n) is 11.1. The van der Waals surface area contributed by atoms with Crippen LogP contribution in [-0.2, 0) is 20.9 Å². The number of methoxy groups -OCH3 is 1. The van der Waals surface area contributed by atoms with E-state index in [9.17, 15) is 9.59 Å². The average molecular weight is 349 g/mol. The number of esters is 1. The third kappa shape index (κ3) is 5.71. The van der Waals surface area contributed by atoms with Crippen LogP contribution < -0.4 is 5.32 Å². The van der Waals surface area contributed by atoms with E-state index in [0.29, 0.717) is 13.1 Å². The standard InChI is InChI=1S/C12H17BrN2O3S/c1-8(16)14-11(12(17)18-3)6-15(2)5-10-4-9(13)7-19-10/h4,7,11H,5-6H2,1-3H3,(H,14,16). The van der Waals surface area contributed by atoms with Crippen LogP contribution in [-0.4, -0.2) is 43.5 Å². The second-order valence-corrected chi connectivity index (χ2v) is 6.12. The average Bonchev–Trinajstić information content (AvgIpc) is 2.72. The monoisotopic (exact) mass is 348 g/mol. The molecule has 1 heterocycles. The maximum absolute atomic E-state index is 11.6. The van der Waals surface area contributed by atoms with Crippen LogP contribution in [0.3, 0.4) is 0 Å². The van der Waals surface area contributed by atoms with Crippen LogP contribution in [0.2, 0.25) is 0 Å². The van der Waals surface area contributed by atoms with E-state index < -0.39 is 12.0 Å². The normalized spacial score (nSPS) is 12.3. The first-order valence-corrected chi connectivity index (χ1v) is 7.36. The molecule has 1 N–H and O–H groups in total. The van der Waals surface area contributed by atoms with Crippen molar-refractivity contribution >= 4 is 39.1 Å². The third-order valence-corrected chi connectivity index (χ3v) is 4.09. The van der Waals surface area contributed by atoms with Crippen LogP contribution in [0.5, 0.6) is 0 Å². The SMILES string of the molecule is COC(=O)C(CN(C)Cc1cc(Br)cs1)NC(C)=O. The van der Waals surface area contributed by atoms with E-state index >= 15 is 0 Å². The van der Waals surface area contributed by atoms with E-state index in [2.05, 4.69) is 26.0 Å². The van der Waals surface area contributed by atoms with Crippen molar-refractivity contribution in [2.45, 2.75) is 19.5 Å². The number of ether oxygens (including phenoxy) is 1. The summed E-state index contributed by atoms with van der Waals surface area (Å²) in [5, 5.41) is 4.60. The summed E-state index contributed by atoms with van der Waals surface area (Å²) >= 11 is 5.04. The van der Waals surface area contributed by atoms with Crippen LogP contribution in [0, 0.1) is 0 Å². The summed E-state index contributed by atoms with van der Waals surface area (Å²) in [6.45, 7) is 2.50. The number of carbonyl (C=O) groups excluding carboxylic acids is 2. The van der Waals surface area contributed by atoms with Gasteiger partial charge in [-0.25, -0.2) is 4.79 Å². The molecule has 0 aromatic carbocycles. The highest BCUT2D eigenvalue weighted by molar-refractivity contribution is 9.10. The number of carbonyl (C=O) groups is 2. The van der Waals surface area contributed by atoms with Crippen molar-refractivity contribution in [3.63, 3.8) is 0 Å². The molecule has 1 atom stereocenters. The number of nitrogens with one attached hydrogen (secondary N) is 1. The molecule has 0 aliphatic rings. The van der Waals surface area contributed by atoms with Crippen LogP contribution in [0.25, 0.3) is 0 Å². The summed E-state index contributed by atoms with van der Waals surface area (Å²) in [6, 6.07) is 1.39. The van der Waals surface area contributed by atoms with Gasteiger partial charge in [-0.1, -0.05) is 0 Å². The lowest BCUT2D eigenvalue weighted by atomic mass is 10.2. The maximum atomic E-state index is 11.6. The van der Waals surface area contributed by atoms with Gasteiger partial charge in [0, 0.05) is 34.7 Å². The van der Waals surface area contributed by atoms with Crippen LogP contribution >= 0.6 is 27.3 Å². The van der Waals surface area contributed by atoms with Gasteiger partial charge in [-0.2, -0.15) is 0 Å². The van der Waals surface area contributed by atoms with Gasteiger partial charge < -0.3 is 10.1 Å². The Morgan fingerprint density at radius 1 is 1.58 bits per heavy atom. The van der Waals surface area contributed by atoms with Gasteiger partial charge in [0.15, 0.2) is 0 Å². The predicted octanol–water partition coefficient (Wildman–Crippen LogP) is 1.62. The molecule has 1 amide bonds. The fourth-order valence-electron chi connectivity index (χ4n) is 1.65. The van der Waals surface area contributed by atoms with Crippen molar-refractivity contribution in [1.82, 2.24) is 10.2 Å².